The molecule has 1 saturated carbocycles. The lowest BCUT2D eigenvalue weighted by Crippen LogP contribution is -2.40. The second-order valence-corrected chi connectivity index (χ2v) is 6.97. The van der Waals surface area contributed by atoms with Crippen LogP contribution in [0.3, 0.4) is 0 Å². The molecule has 0 bridgehead atoms. The summed E-state index contributed by atoms with van der Waals surface area (Å²) in [5.74, 6) is 0.742. The van der Waals surface area contributed by atoms with Gasteiger partial charge in [-0.1, -0.05) is 0 Å². The highest BCUT2D eigenvalue weighted by Crippen LogP contribution is 2.39. The zero-order valence-electron chi connectivity index (χ0n) is 14.0. The number of rotatable bonds is 5. The van der Waals surface area contributed by atoms with E-state index in [1.54, 1.807) is 18.7 Å². The molecule has 2 aliphatic rings. The number of aromatic nitrogens is 4. The smallest absolute Gasteiger partial charge is 0.322 e. The number of carbonyl (C=O) groups excluding carboxylic acids is 1. The molecule has 1 aliphatic heterocycles. The number of urea groups is 1. The second kappa shape index (κ2) is 6.30. The number of likely N-dealkylation sites (tertiary alicyclic amines) is 1. The Morgan fingerprint density at radius 2 is 2.29 bits per heavy atom. The van der Waals surface area contributed by atoms with Gasteiger partial charge in [-0.2, -0.15) is 5.10 Å². The fourth-order valence-electron chi connectivity index (χ4n) is 3.55. The van der Waals surface area contributed by atoms with Gasteiger partial charge in [0.25, 0.3) is 0 Å². The van der Waals surface area contributed by atoms with Crippen molar-refractivity contribution in [3.63, 3.8) is 0 Å². The summed E-state index contributed by atoms with van der Waals surface area (Å²) in [7, 11) is 0. The first-order valence-corrected chi connectivity index (χ1v) is 8.78. The lowest BCUT2D eigenvalue weighted by atomic mass is 10.2. The first kappa shape index (κ1) is 15.2. The third-order valence-corrected chi connectivity index (χ3v) is 5.19. The molecule has 2 aromatic heterocycles. The van der Waals surface area contributed by atoms with Crippen LogP contribution in [0.2, 0.25) is 0 Å². The summed E-state index contributed by atoms with van der Waals surface area (Å²) >= 11 is 0. The van der Waals surface area contributed by atoms with E-state index in [2.05, 4.69) is 22.3 Å². The molecular formula is C17H24N6O. The Labute approximate surface area is 141 Å². The Balaban J connectivity index is 1.38. The van der Waals surface area contributed by atoms with Crippen LogP contribution in [-0.4, -0.2) is 42.8 Å². The predicted molar refractivity (Wildman–Crippen MR) is 90.6 cm³/mol. The van der Waals surface area contributed by atoms with Crippen LogP contribution in [0.15, 0.2) is 31.1 Å². The molecule has 0 spiro atoms. The maximum Gasteiger partial charge on any atom is 0.322 e. The predicted octanol–water partition coefficient (Wildman–Crippen LogP) is 2.75. The molecule has 2 amide bonds. The van der Waals surface area contributed by atoms with Gasteiger partial charge >= 0.3 is 6.03 Å². The van der Waals surface area contributed by atoms with Crippen LogP contribution in [0.1, 0.15) is 38.6 Å². The topological polar surface area (TPSA) is 68.0 Å². The first-order chi connectivity index (χ1) is 11.7. The molecule has 4 rings (SSSR count). The van der Waals surface area contributed by atoms with Crippen molar-refractivity contribution in [2.45, 2.75) is 51.2 Å². The standard InChI is InChI=1S/C17H24N6O/c1-13(14-4-5-14)23-10-15(9-19-23)20-17(24)22-7-2-3-16(22)11-21-8-6-18-12-21/h6,8-10,12-14,16H,2-5,7,11H2,1H3,(H,20,24). The second-order valence-electron chi connectivity index (χ2n) is 6.97. The Kier molecular flexibility index (Phi) is 4.00. The van der Waals surface area contributed by atoms with E-state index in [4.69, 9.17) is 0 Å². The van der Waals surface area contributed by atoms with Crippen molar-refractivity contribution >= 4 is 11.7 Å². The molecule has 2 aromatic rings. The van der Waals surface area contributed by atoms with Crippen LogP contribution in [0.5, 0.6) is 0 Å². The monoisotopic (exact) mass is 328 g/mol. The molecular weight excluding hydrogens is 304 g/mol. The zero-order chi connectivity index (χ0) is 16.5. The van der Waals surface area contributed by atoms with Gasteiger partial charge in [0, 0.05) is 31.7 Å². The Hall–Kier alpha value is -2.31. The van der Waals surface area contributed by atoms with Crippen LogP contribution in [0.4, 0.5) is 10.5 Å². The molecule has 1 saturated heterocycles. The van der Waals surface area contributed by atoms with E-state index < -0.39 is 0 Å². The van der Waals surface area contributed by atoms with Crippen LogP contribution in [0.25, 0.3) is 0 Å². The summed E-state index contributed by atoms with van der Waals surface area (Å²) in [4.78, 5) is 18.6. The Morgan fingerprint density at radius 3 is 3.04 bits per heavy atom. The van der Waals surface area contributed by atoms with Crippen molar-refractivity contribution in [3.8, 4) is 0 Å². The third-order valence-electron chi connectivity index (χ3n) is 5.19. The van der Waals surface area contributed by atoms with E-state index in [1.165, 1.54) is 12.8 Å². The van der Waals surface area contributed by atoms with Gasteiger partial charge in [-0.25, -0.2) is 9.78 Å². The molecule has 7 nitrogen and oxygen atoms in total. The van der Waals surface area contributed by atoms with Gasteiger partial charge in [0.1, 0.15) is 0 Å². The van der Waals surface area contributed by atoms with E-state index in [9.17, 15) is 4.79 Å². The van der Waals surface area contributed by atoms with E-state index in [1.807, 2.05) is 26.5 Å². The number of amides is 2. The summed E-state index contributed by atoms with van der Waals surface area (Å²) in [6, 6.07) is 0.604. The van der Waals surface area contributed by atoms with Gasteiger partial charge < -0.3 is 14.8 Å². The number of anilines is 1. The molecule has 7 heteroatoms. The summed E-state index contributed by atoms with van der Waals surface area (Å²) in [5.41, 5.74) is 0.779. The van der Waals surface area contributed by atoms with Crippen molar-refractivity contribution < 1.29 is 4.79 Å². The molecule has 2 fully saturated rings. The molecule has 1 aliphatic carbocycles. The van der Waals surface area contributed by atoms with E-state index >= 15 is 0 Å². The van der Waals surface area contributed by atoms with Crippen LogP contribution in [-0.2, 0) is 6.54 Å². The normalized spacial score (nSPS) is 21.9. The highest BCUT2D eigenvalue weighted by atomic mass is 16.2. The van der Waals surface area contributed by atoms with Crippen molar-refractivity contribution in [2.24, 2.45) is 5.92 Å². The highest BCUT2D eigenvalue weighted by molar-refractivity contribution is 5.89. The van der Waals surface area contributed by atoms with Gasteiger partial charge in [0.15, 0.2) is 0 Å². The third kappa shape index (κ3) is 3.16. The van der Waals surface area contributed by atoms with Crippen LogP contribution in [0, 0.1) is 5.92 Å². The minimum Gasteiger partial charge on any atom is -0.335 e. The Morgan fingerprint density at radius 1 is 1.42 bits per heavy atom. The SMILES string of the molecule is CC(C1CC1)n1cc(NC(=O)N2CCCC2Cn2ccnc2)cn1. The number of carbonyl (C=O) groups is 1. The lowest BCUT2D eigenvalue weighted by molar-refractivity contribution is 0.201. The number of imidazole rings is 1. The quantitative estimate of drug-likeness (QED) is 0.917. The average Bonchev–Trinajstić information content (AvgIpc) is 2.97. The van der Waals surface area contributed by atoms with Crippen LogP contribution >= 0.6 is 0 Å². The van der Waals surface area contributed by atoms with Crippen molar-refractivity contribution in [1.82, 2.24) is 24.2 Å². The van der Waals surface area contributed by atoms with Gasteiger partial charge in [0.2, 0.25) is 0 Å². The molecule has 0 radical (unpaired) electrons. The summed E-state index contributed by atoms with van der Waals surface area (Å²) in [5, 5.41) is 7.41. The molecule has 0 aromatic carbocycles. The largest absolute Gasteiger partial charge is 0.335 e. The van der Waals surface area contributed by atoms with E-state index in [0.717, 1.165) is 37.5 Å². The van der Waals surface area contributed by atoms with Gasteiger partial charge in [-0.3, -0.25) is 4.68 Å². The van der Waals surface area contributed by atoms with E-state index in [-0.39, 0.29) is 12.1 Å². The molecule has 2 atom stereocenters. The van der Waals surface area contributed by atoms with Crippen molar-refractivity contribution in [1.29, 1.82) is 0 Å². The van der Waals surface area contributed by atoms with Gasteiger partial charge in [0.05, 0.1) is 30.3 Å². The number of hydrogen-bond donors (Lipinski definition) is 1. The average molecular weight is 328 g/mol. The zero-order valence-corrected chi connectivity index (χ0v) is 14.0. The van der Waals surface area contributed by atoms with E-state index in [0.29, 0.717) is 6.04 Å². The van der Waals surface area contributed by atoms with Gasteiger partial charge in [-0.15, -0.1) is 0 Å². The minimum absolute atomic E-state index is 0.0313. The lowest BCUT2D eigenvalue weighted by Gasteiger charge is -2.25. The molecule has 1 N–H and O–H groups in total. The molecule has 3 heterocycles. The van der Waals surface area contributed by atoms with Crippen molar-refractivity contribution in [2.75, 3.05) is 11.9 Å². The van der Waals surface area contributed by atoms with Crippen LogP contribution < -0.4 is 5.32 Å². The number of nitrogens with one attached hydrogen (secondary N) is 1. The maximum atomic E-state index is 12.6. The fraction of sp³-hybridized carbons (Fsp3) is 0.588. The summed E-state index contributed by atoms with van der Waals surface area (Å²) in [6.45, 7) is 3.79. The maximum absolute atomic E-state index is 12.6. The minimum atomic E-state index is -0.0313. The molecule has 128 valence electrons. The Bertz CT molecular complexity index is 690. The number of hydrogen-bond acceptors (Lipinski definition) is 3. The summed E-state index contributed by atoms with van der Waals surface area (Å²) in [6.07, 6.45) is 13.9. The highest BCUT2D eigenvalue weighted by Gasteiger charge is 2.31. The summed E-state index contributed by atoms with van der Waals surface area (Å²) < 4.78 is 4.01. The molecule has 24 heavy (non-hydrogen) atoms. The van der Waals surface area contributed by atoms with Crippen molar-refractivity contribution in [3.05, 3.63) is 31.1 Å². The number of nitrogens with zero attached hydrogens (tertiary/aromatic N) is 5. The fourth-order valence-corrected chi connectivity index (χ4v) is 3.55. The van der Waals surface area contributed by atoms with Gasteiger partial charge in [-0.05, 0) is 38.5 Å². The first-order valence-electron chi connectivity index (χ1n) is 8.78. The molecule has 2 unspecified atom stereocenters.